The monoisotopic (exact) mass is 422 g/mol. The standard InChI is InChI=1S/C27H19FN2O2/c28-22-12-8-20(9-13-22)27(21-10-16-24(32)17-11-21)25(18-4-2-1-3-5-18)26(29-30-27)19-6-14-23(31)15-7-19/h1-17,31-32H. The first-order valence-corrected chi connectivity index (χ1v) is 10.2. The maximum atomic E-state index is 13.8. The Morgan fingerprint density at radius 1 is 0.594 bits per heavy atom. The fourth-order valence-electron chi connectivity index (χ4n) is 4.13. The number of halogens is 1. The van der Waals surface area contributed by atoms with Crippen molar-refractivity contribution in [1.82, 2.24) is 0 Å². The van der Waals surface area contributed by atoms with Crippen molar-refractivity contribution >= 4 is 11.3 Å². The Bertz CT molecular complexity index is 1270. The molecular weight excluding hydrogens is 403 g/mol. The van der Waals surface area contributed by atoms with Gasteiger partial charge in [0.1, 0.15) is 17.3 Å². The van der Waals surface area contributed by atoms with Crippen LogP contribution in [0, 0.1) is 5.82 Å². The van der Waals surface area contributed by atoms with Crippen molar-refractivity contribution in [2.45, 2.75) is 5.54 Å². The SMILES string of the molecule is Oc1ccc(C2=C(c3ccccc3)C(c3ccc(O)cc3)(c3ccc(F)cc3)N=N2)cc1. The summed E-state index contributed by atoms with van der Waals surface area (Å²) >= 11 is 0. The number of phenolic OH excluding ortho intramolecular Hbond substituents is 2. The zero-order chi connectivity index (χ0) is 22.1. The van der Waals surface area contributed by atoms with Crippen molar-refractivity contribution in [3.8, 4) is 11.5 Å². The van der Waals surface area contributed by atoms with Crippen LogP contribution in [-0.4, -0.2) is 10.2 Å². The van der Waals surface area contributed by atoms with Gasteiger partial charge in [0.25, 0.3) is 0 Å². The summed E-state index contributed by atoms with van der Waals surface area (Å²) in [6.07, 6.45) is 0. The van der Waals surface area contributed by atoms with Crippen molar-refractivity contribution in [3.63, 3.8) is 0 Å². The van der Waals surface area contributed by atoms with Gasteiger partial charge in [0.15, 0.2) is 5.54 Å². The van der Waals surface area contributed by atoms with Crippen molar-refractivity contribution in [1.29, 1.82) is 0 Å². The van der Waals surface area contributed by atoms with E-state index in [0.29, 0.717) is 5.70 Å². The van der Waals surface area contributed by atoms with Crippen LogP contribution in [0.25, 0.3) is 11.3 Å². The Balaban J connectivity index is 1.86. The summed E-state index contributed by atoms with van der Waals surface area (Å²) in [5.74, 6) is -0.0376. The lowest BCUT2D eigenvalue weighted by Crippen LogP contribution is -2.25. The minimum Gasteiger partial charge on any atom is -0.508 e. The number of hydrogen-bond donors (Lipinski definition) is 2. The molecule has 4 aromatic carbocycles. The summed E-state index contributed by atoms with van der Waals surface area (Å²) in [4.78, 5) is 0. The highest BCUT2D eigenvalue weighted by Crippen LogP contribution is 2.53. The van der Waals surface area contributed by atoms with Crippen molar-refractivity contribution in [3.05, 3.63) is 131 Å². The second-order valence-corrected chi connectivity index (χ2v) is 7.60. The molecule has 156 valence electrons. The summed E-state index contributed by atoms with van der Waals surface area (Å²) in [6.45, 7) is 0. The van der Waals surface area contributed by atoms with E-state index in [-0.39, 0.29) is 17.3 Å². The summed E-state index contributed by atoms with van der Waals surface area (Å²) in [5.41, 5.74) is 3.70. The molecule has 1 heterocycles. The van der Waals surface area contributed by atoms with Crippen molar-refractivity contribution in [2.24, 2.45) is 10.2 Å². The van der Waals surface area contributed by atoms with E-state index in [4.69, 9.17) is 5.11 Å². The minimum atomic E-state index is -1.05. The molecule has 0 spiro atoms. The molecule has 4 nitrogen and oxygen atoms in total. The molecule has 1 aliphatic rings. The molecule has 1 unspecified atom stereocenters. The van der Waals surface area contributed by atoms with E-state index in [2.05, 4.69) is 5.11 Å². The maximum absolute atomic E-state index is 13.8. The molecule has 0 radical (unpaired) electrons. The number of phenols is 2. The summed E-state index contributed by atoms with van der Waals surface area (Å²) in [5, 5.41) is 29.1. The van der Waals surface area contributed by atoms with Crippen LogP contribution in [0.5, 0.6) is 11.5 Å². The summed E-state index contributed by atoms with van der Waals surface area (Å²) in [6, 6.07) is 29.7. The number of rotatable bonds is 4. The average Bonchev–Trinajstić information content (AvgIpc) is 3.22. The second kappa shape index (κ2) is 7.78. The van der Waals surface area contributed by atoms with E-state index >= 15 is 0 Å². The van der Waals surface area contributed by atoms with Gasteiger partial charge in [-0.05, 0) is 65.2 Å². The van der Waals surface area contributed by atoms with Crippen LogP contribution in [-0.2, 0) is 5.54 Å². The number of hydrogen-bond acceptors (Lipinski definition) is 4. The Morgan fingerprint density at radius 2 is 1.12 bits per heavy atom. The Hall–Kier alpha value is -4.25. The van der Waals surface area contributed by atoms with Gasteiger partial charge in [-0.25, -0.2) is 4.39 Å². The molecule has 0 bridgehead atoms. The van der Waals surface area contributed by atoms with E-state index in [0.717, 1.165) is 27.8 Å². The molecule has 5 heteroatoms. The molecular formula is C27H19FN2O2. The smallest absolute Gasteiger partial charge is 0.160 e. The zero-order valence-electron chi connectivity index (χ0n) is 17.0. The number of aromatic hydroxyl groups is 2. The summed E-state index contributed by atoms with van der Waals surface area (Å²) in [7, 11) is 0. The van der Waals surface area contributed by atoms with Crippen LogP contribution in [0.2, 0.25) is 0 Å². The van der Waals surface area contributed by atoms with Gasteiger partial charge in [-0.3, -0.25) is 0 Å². The lowest BCUT2D eigenvalue weighted by Gasteiger charge is -2.30. The van der Waals surface area contributed by atoms with E-state index in [9.17, 15) is 14.6 Å². The lowest BCUT2D eigenvalue weighted by molar-refractivity contribution is 0.474. The molecule has 1 atom stereocenters. The Morgan fingerprint density at radius 3 is 1.72 bits per heavy atom. The summed E-state index contributed by atoms with van der Waals surface area (Å²) < 4.78 is 13.8. The molecule has 0 saturated carbocycles. The number of benzene rings is 4. The van der Waals surface area contributed by atoms with E-state index in [1.165, 1.54) is 12.1 Å². The molecule has 5 rings (SSSR count). The van der Waals surface area contributed by atoms with Crippen LogP contribution < -0.4 is 0 Å². The van der Waals surface area contributed by atoms with Crippen LogP contribution in [0.15, 0.2) is 113 Å². The number of nitrogens with zero attached hydrogens (tertiary/aromatic N) is 2. The van der Waals surface area contributed by atoms with Gasteiger partial charge in [0, 0.05) is 11.1 Å². The molecule has 0 fully saturated rings. The van der Waals surface area contributed by atoms with Gasteiger partial charge in [0.05, 0.1) is 5.70 Å². The molecule has 2 N–H and O–H groups in total. The molecule has 0 aliphatic carbocycles. The average molecular weight is 422 g/mol. The van der Waals surface area contributed by atoms with Gasteiger partial charge in [0.2, 0.25) is 0 Å². The van der Waals surface area contributed by atoms with Crippen LogP contribution in [0.3, 0.4) is 0 Å². The quantitative estimate of drug-likeness (QED) is 0.393. The van der Waals surface area contributed by atoms with E-state index < -0.39 is 5.54 Å². The largest absolute Gasteiger partial charge is 0.508 e. The molecule has 32 heavy (non-hydrogen) atoms. The van der Waals surface area contributed by atoms with Gasteiger partial charge in [-0.2, -0.15) is 10.2 Å². The Labute approximate surface area is 184 Å². The van der Waals surface area contributed by atoms with Crippen molar-refractivity contribution < 1.29 is 14.6 Å². The second-order valence-electron chi connectivity index (χ2n) is 7.60. The predicted molar refractivity (Wildman–Crippen MR) is 122 cm³/mol. The topological polar surface area (TPSA) is 65.2 Å². The van der Waals surface area contributed by atoms with Crippen LogP contribution >= 0.6 is 0 Å². The van der Waals surface area contributed by atoms with Crippen LogP contribution in [0.1, 0.15) is 22.3 Å². The Kier molecular flexibility index (Phi) is 4.79. The minimum absolute atomic E-state index is 0.141. The molecule has 0 saturated heterocycles. The van der Waals surface area contributed by atoms with E-state index in [1.54, 1.807) is 60.7 Å². The molecule has 0 amide bonds. The highest BCUT2D eigenvalue weighted by Gasteiger charge is 2.45. The zero-order valence-corrected chi connectivity index (χ0v) is 17.0. The first kappa shape index (κ1) is 19.7. The van der Waals surface area contributed by atoms with Crippen LogP contribution in [0.4, 0.5) is 4.39 Å². The fraction of sp³-hybridized carbons (Fsp3) is 0.0370. The lowest BCUT2D eigenvalue weighted by atomic mass is 9.74. The molecule has 0 aromatic heterocycles. The highest BCUT2D eigenvalue weighted by molar-refractivity contribution is 5.98. The fourth-order valence-corrected chi connectivity index (χ4v) is 4.13. The molecule has 4 aromatic rings. The number of azo groups is 1. The molecule has 1 aliphatic heterocycles. The van der Waals surface area contributed by atoms with Gasteiger partial charge in [-0.1, -0.05) is 54.6 Å². The highest BCUT2D eigenvalue weighted by atomic mass is 19.1. The van der Waals surface area contributed by atoms with Gasteiger partial charge < -0.3 is 10.2 Å². The maximum Gasteiger partial charge on any atom is 0.160 e. The third kappa shape index (κ3) is 3.24. The third-order valence-electron chi connectivity index (χ3n) is 5.65. The normalized spacial score (nSPS) is 17.7. The third-order valence-corrected chi connectivity index (χ3v) is 5.65. The van der Waals surface area contributed by atoms with Gasteiger partial charge >= 0.3 is 0 Å². The van der Waals surface area contributed by atoms with Crippen molar-refractivity contribution in [2.75, 3.05) is 0 Å². The first-order chi connectivity index (χ1) is 15.6. The first-order valence-electron chi connectivity index (χ1n) is 10.2. The predicted octanol–water partition coefficient (Wildman–Crippen LogP) is 6.51. The van der Waals surface area contributed by atoms with Gasteiger partial charge in [-0.15, -0.1) is 0 Å². The van der Waals surface area contributed by atoms with E-state index in [1.807, 2.05) is 30.3 Å².